The van der Waals surface area contributed by atoms with Gasteiger partial charge in [-0.2, -0.15) is 0 Å². The minimum atomic E-state index is -1.03. The Morgan fingerprint density at radius 3 is 2.45 bits per heavy atom. The van der Waals surface area contributed by atoms with Crippen molar-refractivity contribution >= 4 is 17.5 Å². The van der Waals surface area contributed by atoms with E-state index in [-0.39, 0.29) is 5.56 Å². The molecule has 102 valence electrons. The van der Waals surface area contributed by atoms with Gasteiger partial charge in [-0.25, -0.2) is 9.79 Å². The average Bonchev–Trinajstić information content (AvgIpc) is 2.48. The molecule has 0 bridgehead atoms. The van der Waals surface area contributed by atoms with Gasteiger partial charge in [-0.1, -0.05) is 30.3 Å². The van der Waals surface area contributed by atoms with Crippen LogP contribution < -0.4 is 10.5 Å². The number of carbonyl (C=O) groups is 1. The van der Waals surface area contributed by atoms with Gasteiger partial charge in [0.15, 0.2) is 0 Å². The summed E-state index contributed by atoms with van der Waals surface area (Å²) in [4.78, 5) is 15.2. The van der Waals surface area contributed by atoms with Gasteiger partial charge in [-0.15, -0.1) is 0 Å². The van der Waals surface area contributed by atoms with Crippen LogP contribution in [0.5, 0.6) is 5.75 Å². The summed E-state index contributed by atoms with van der Waals surface area (Å²) in [6, 6.07) is 13.7. The molecule has 0 saturated heterocycles. The first kappa shape index (κ1) is 13.6. The first-order valence-electron chi connectivity index (χ1n) is 5.92. The highest BCUT2D eigenvalue weighted by Crippen LogP contribution is 2.28. The zero-order valence-corrected chi connectivity index (χ0v) is 10.9. The maximum absolute atomic E-state index is 11.0. The van der Waals surface area contributed by atoms with Gasteiger partial charge >= 0.3 is 5.97 Å². The van der Waals surface area contributed by atoms with Crippen LogP contribution in [-0.4, -0.2) is 24.0 Å². The van der Waals surface area contributed by atoms with Gasteiger partial charge in [0, 0.05) is 5.56 Å². The highest BCUT2D eigenvalue weighted by molar-refractivity contribution is 5.99. The van der Waals surface area contributed by atoms with E-state index in [1.54, 1.807) is 6.07 Å². The molecule has 0 fully saturated rings. The summed E-state index contributed by atoms with van der Waals surface area (Å²) in [5.41, 5.74) is 7.20. The van der Waals surface area contributed by atoms with Gasteiger partial charge in [-0.3, -0.25) is 0 Å². The lowest BCUT2D eigenvalue weighted by molar-refractivity contribution is 0.0697. The Hall–Kier alpha value is -2.82. The maximum atomic E-state index is 11.0. The Balaban J connectivity index is 2.46. The molecule has 0 amide bonds. The summed E-state index contributed by atoms with van der Waals surface area (Å²) in [5, 5.41) is 9.00. The Bertz CT molecular complexity index is 651. The van der Waals surface area contributed by atoms with Gasteiger partial charge in [0.05, 0.1) is 12.7 Å². The van der Waals surface area contributed by atoms with E-state index in [0.29, 0.717) is 17.3 Å². The first-order valence-corrected chi connectivity index (χ1v) is 5.92. The zero-order valence-electron chi connectivity index (χ0n) is 10.9. The molecule has 3 N–H and O–H groups in total. The fourth-order valence-corrected chi connectivity index (χ4v) is 1.71. The molecule has 0 aliphatic rings. The first-order chi connectivity index (χ1) is 9.61. The van der Waals surface area contributed by atoms with E-state index in [4.69, 9.17) is 15.6 Å². The van der Waals surface area contributed by atoms with Crippen molar-refractivity contribution in [2.45, 2.75) is 0 Å². The third kappa shape index (κ3) is 2.95. The molecule has 2 aromatic carbocycles. The number of hydrogen-bond donors (Lipinski definition) is 2. The fraction of sp³-hybridized carbons (Fsp3) is 0.0667. The van der Waals surface area contributed by atoms with E-state index in [1.165, 1.54) is 19.2 Å². The second-order valence-corrected chi connectivity index (χ2v) is 4.05. The number of nitrogens with two attached hydrogens (primary N) is 1. The van der Waals surface area contributed by atoms with Crippen molar-refractivity contribution in [3.63, 3.8) is 0 Å². The lowest BCUT2D eigenvalue weighted by Crippen LogP contribution is -2.12. The van der Waals surface area contributed by atoms with Crippen molar-refractivity contribution in [1.82, 2.24) is 0 Å². The van der Waals surface area contributed by atoms with Gasteiger partial charge in [0.2, 0.25) is 0 Å². The number of rotatable bonds is 4. The van der Waals surface area contributed by atoms with Crippen LogP contribution in [0.4, 0.5) is 5.69 Å². The van der Waals surface area contributed by atoms with Crippen molar-refractivity contribution < 1.29 is 14.6 Å². The van der Waals surface area contributed by atoms with Crippen LogP contribution in [0.2, 0.25) is 0 Å². The number of hydrogen-bond acceptors (Lipinski definition) is 3. The number of nitrogens with zero attached hydrogens (tertiary/aromatic N) is 1. The lowest BCUT2D eigenvalue weighted by Gasteiger charge is -2.07. The number of carboxylic acids is 1. The molecular formula is C15H14N2O3. The zero-order chi connectivity index (χ0) is 14.5. The molecule has 0 atom stereocenters. The molecule has 0 radical (unpaired) electrons. The van der Waals surface area contributed by atoms with Crippen LogP contribution in [0.1, 0.15) is 15.9 Å². The van der Waals surface area contributed by atoms with E-state index >= 15 is 0 Å². The molecule has 0 saturated carbocycles. The number of benzene rings is 2. The second-order valence-electron chi connectivity index (χ2n) is 4.05. The number of aromatic carboxylic acids is 1. The molecule has 5 heteroatoms. The number of ether oxygens (including phenoxy) is 1. The van der Waals surface area contributed by atoms with Crippen LogP contribution in [0.3, 0.4) is 0 Å². The monoisotopic (exact) mass is 270 g/mol. The van der Waals surface area contributed by atoms with E-state index in [2.05, 4.69) is 4.99 Å². The van der Waals surface area contributed by atoms with Crippen molar-refractivity contribution in [3.8, 4) is 5.75 Å². The molecule has 0 aliphatic heterocycles. The van der Waals surface area contributed by atoms with E-state index in [1.807, 2.05) is 30.3 Å². The largest absolute Gasteiger partial charge is 0.494 e. The fourth-order valence-electron chi connectivity index (χ4n) is 1.71. The third-order valence-corrected chi connectivity index (χ3v) is 2.74. The smallest absolute Gasteiger partial charge is 0.335 e. The van der Waals surface area contributed by atoms with Gasteiger partial charge in [-0.05, 0) is 18.2 Å². The summed E-state index contributed by atoms with van der Waals surface area (Å²) in [6.45, 7) is 0. The summed E-state index contributed by atoms with van der Waals surface area (Å²) in [5.74, 6) is -0.261. The summed E-state index contributed by atoms with van der Waals surface area (Å²) >= 11 is 0. The molecule has 0 unspecified atom stereocenters. The van der Waals surface area contributed by atoms with Crippen molar-refractivity contribution in [3.05, 3.63) is 59.7 Å². The maximum Gasteiger partial charge on any atom is 0.335 e. The van der Waals surface area contributed by atoms with Crippen LogP contribution >= 0.6 is 0 Å². The Morgan fingerprint density at radius 1 is 1.15 bits per heavy atom. The van der Waals surface area contributed by atoms with Gasteiger partial charge in [0.1, 0.15) is 17.3 Å². The van der Waals surface area contributed by atoms with Crippen LogP contribution in [-0.2, 0) is 0 Å². The molecular weight excluding hydrogens is 256 g/mol. The predicted molar refractivity (Wildman–Crippen MR) is 76.8 cm³/mol. The van der Waals surface area contributed by atoms with Crippen molar-refractivity contribution in [2.75, 3.05) is 7.11 Å². The highest BCUT2D eigenvalue weighted by atomic mass is 16.5. The van der Waals surface area contributed by atoms with Crippen LogP contribution in [0.15, 0.2) is 53.5 Å². The Labute approximate surface area is 116 Å². The quantitative estimate of drug-likeness (QED) is 0.660. The molecule has 0 aliphatic carbocycles. The normalized spacial score (nSPS) is 11.2. The van der Waals surface area contributed by atoms with E-state index in [9.17, 15) is 4.79 Å². The number of carboxylic acid groups (broad SMARTS) is 1. The predicted octanol–water partition coefficient (Wildman–Crippen LogP) is 2.43. The average molecular weight is 270 g/mol. The Morgan fingerprint density at radius 2 is 1.85 bits per heavy atom. The molecule has 20 heavy (non-hydrogen) atoms. The molecule has 0 heterocycles. The topological polar surface area (TPSA) is 84.9 Å². The van der Waals surface area contributed by atoms with Crippen molar-refractivity contribution in [2.24, 2.45) is 10.7 Å². The Kier molecular flexibility index (Phi) is 4.00. The molecule has 2 aromatic rings. The number of aliphatic imine (C=N–C) groups is 1. The van der Waals surface area contributed by atoms with Crippen LogP contribution in [0, 0.1) is 0 Å². The summed E-state index contributed by atoms with van der Waals surface area (Å²) in [6.07, 6.45) is 0. The molecule has 0 spiro atoms. The standard InChI is InChI=1S/C15H14N2O3/c1-20-13-8-7-11(15(18)19)9-12(13)17-14(16)10-5-3-2-4-6-10/h2-9H,1H3,(H2,16,17)(H,18,19). The summed E-state index contributed by atoms with van der Waals surface area (Å²) in [7, 11) is 1.49. The van der Waals surface area contributed by atoms with E-state index in [0.717, 1.165) is 5.56 Å². The highest BCUT2D eigenvalue weighted by Gasteiger charge is 2.09. The number of methoxy groups -OCH3 is 1. The lowest BCUT2D eigenvalue weighted by atomic mass is 10.1. The SMILES string of the molecule is COc1ccc(C(=O)O)cc1N=C(N)c1ccccc1. The van der Waals surface area contributed by atoms with Gasteiger partial charge < -0.3 is 15.6 Å². The molecule has 0 aromatic heterocycles. The van der Waals surface area contributed by atoms with E-state index < -0.39 is 5.97 Å². The molecule has 2 rings (SSSR count). The summed E-state index contributed by atoms with van der Waals surface area (Å²) < 4.78 is 5.16. The minimum absolute atomic E-state index is 0.130. The number of amidine groups is 1. The minimum Gasteiger partial charge on any atom is -0.494 e. The third-order valence-electron chi connectivity index (χ3n) is 2.74. The molecule has 5 nitrogen and oxygen atoms in total. The second kappa shape index (κ2) is 5.88. The van der Waals surface area contributed by atoms with Crippen molar-refractivity contribution in [1.29, 1.82) is 0 Å². The van der Waals surface area contributed by atoms with Crippen LogP contribution in [0.25, 0.3) is 0 Å². The van der Waals surface area contributed by atoms with Gasteiger partial charge in [0.25, 0.3) is 0 Å².